The molecule has 0 bridgehead atoms. The van der Waals surface area contributed by atoms with Crippen molar-refractivity contribution in [2.45, 2.75) is 11.8 Å². The molecule has 220 valence electrons. The number of anilines is 2. The number of aromatic nitrogens is 1. The zero-order valence-electron chi connectivity index (χ0n) is 23.5. The summed E-state index contributed by atoms with van der Waals surface area (Å²) in [5.74, 6) is -0.882. The number of amides is 3. The Morgan fingerprint density at radius 2 is 1.64 bits per heavy atom. The predicted octanol–water partition coefficient (Wildman–Crippen LogP) is 8.02. The number of carbonyl (C=O) groups excluding carboxylic acids is 3. The average molecular weight is 684 g/mol. The highest BCUT2D eigenvalue weighted by molar-refractivity contribution is 9.10. The fourth-order valence-electron chi connectivity index (χ4n) is 4.10. The van der Waals surface area contributed by atoms with Crippen molar-refractivity contribution in [3.8, 4) is 11.3 Å². The summed E-state index contributed by atoms with van der Waals surface area (Å²) in [6.07, 6.45) is 1.66. The van der Waals surface area contributed by atoms with Gasteiger partial charge in [0.05, 0.1) is 11.4 Å². The minimum atomic E-state index is -0.470. The molecule has 10 heteroatoms. The molecule has 0 radical (unpaired) electrons. The standard InChI is InChI=1S/C34H27BrN4O3S2/c1-22-8-5-6-11-25(22)18-29(37-32(41)24-9-3-2-4-10-24)33(42)36-27-12-7-13-28(19-27)43-21-31(40)39-34-38-30(20-44-34)23-14-16-26(35)17-15-23/h2-20H,21H2,1H3,(H,36,42)(H,37,41)(H,38,39,40)/b29-18-. The Morgan fingerprint density at radius 1 is 0.886 bits per heavy atom. The first-order valence-corrected chi connectivity index (χ1v) is 16.2. The highest BCUT2D eigenvalue weighted by Crippen LogP contribution is 2.27. The SMILES string of the molecule is Cc1ccccc1/C=C(\NC(=O)c1ccccc1)C(=O)Nc1cccc(SCC(=O)Nc2nc(-c3ccc(Br)cc3)cs2)c1. The van der Waals surface area contributed by atoms with E-state index in [-0.39, 0.29) is 23.3 Å². The predicted molar refractivity (Wildman–Crippen MR) is 183 cm³/mol. The smallest absolute Gasteiger partial charge is 0.272 e. The van der Waals surface area contributed by atoms with Crippen molar-refractivity contribution >= 4 is 73.6 Å². The molecular weight excluding hydrogens is 656 g/mol. The third kappa shape index (κ3) is 8.53. The molecule has 44 heavy (non-hydrogen) atoms. The number of nitrogens with one attached hydrogen (secondary N) is 3. The lowest BCUT2D eigenvalue weighted by atomic mass is 10.1. The van der Waals surface area contributed by atoms with Crippen molar-refractivity contribution in [3.63, 3.8) is 0 Å². The Kier molecular flexibility index (Phi) is 10.4. The summed E-state index contributed by atoms with van der Waals surface area (Å²) < 4.78 is 0.986. The Labute approximate surface area is 272 Å². The molecular formula is C34H27BrN4O3S2. The molecule has 0 fully saturated rings. The molecule has 0 atom stereocenters. The summed E-state index contributed by atoms with van der Waals surface area (Å²) in [7, 11) is 0. The van der Waals surface area contributed by atoms with Gasteiger partial charge in [0.2, 0.25) is 5.91 Å². The Balaban J connectivity index is 1.23. The molecule has 5 rings (SSSR count). The van der Waals surface area contributed by atoms with Gasteiger partial charge in [-0.1, -0.05) is 76.6 Å². The lowest BCUT2D eigenvalue weighted by Gasteiger charge is -2.13. The second-order valence-electron chi connectivity index (χ2n) is 9.60. The number of benzene rings is 4. The molecule has 4 aromatic carbocycles. The molecule has 0 spiro atoms. The highest BCUT2D eigenvalue weighted by atomic mass is 79.9. The van der Waals surface area contributed by atoms with E-state index in [1.165, 1.54) is 23.1 Å². The van der Waals surface area contributed by atoms with Crippen LogP contribution >= 0.6 is 39.0 Å². The van der Waals surface area contributed by atoms with Crippen LogP contribution in [0.25, 0.3) is 17.3 Å². The minimum Gasteiger partial charge on any atom is -0.321 e. The highest BCUT2D eigenvalue weighted by Gasteiger charge is 2.16. The van der Waals surface area contributed by atoms with Crippen LogP contribution in [-0.2, 0) is 9.59 Å². The number of nitrogens with zero attached hydrogens (tertiary/aromatic N) is 1. The molecule has 1 heterocycles. The maximum absolute atomic E-state index is 13.4. The molecule has 0 aliphatic heterocycles. The molecule has 5 aromatic rings. The van der Waals surface area contributed by atoms with Gasteiger partial charge in [0.1, 0.15) is 5.70 Å². The lowest BCUT2D eigenvalue weighted by molar-refractivity contribution is -0.114. The maximum atomic E-state index is 13.4. The summed E-state index contributed by atoms with van der Waals surface area (Å²) >= 11 is 6.14. The molecule has 0 aliphatic carbocycles. The molecule has 0 saturated carbocycles. The summed E-state index contributed by atoms with van der Waals surface area (Å²) in [4.78, 5) is 44.3. The van der Waals surface area contributed by atoms with E-state index < -0.39 is 5.91 Å². The van der Waals surface area contributed by atoms with Crippen LogP contribution in [0.5, 0.6) is 0 Å². The van der Waals surface area contributed by atoms with Crippen molar-refractivity contribution in [2.75, 3.05) is 16.4 Å². The van der Waals surface area contributed by atoms with Crippen molar-refractivity contribution in [3.05, 3.63) is 135 Å². The summed E-state index contributed by atoms with van der Waals surface area (Å²) in [5.41, 5.74) is 4.62. The number of rotatable bonds is 10. The number of hydrogen-bond acceptors (Lipinski definition) is 6. The molecule has 3 N–H and O–H groups in total. The minimum absolute atomic E-state index is 0.108. The van der Waals surface area contributed by atoms with Crippen molar-refractivity contribution < 1.29 is 14.4 Å². The van der Waals surface area contributed by atoms with Gasteiger partial charge in [-0.2, -0.15) is 0 Å². The molecule has 7 nitrogen and oxygen atoms in total. The van der Waals surface area contributed by atoms with E-state index in [0.29, 0.717) is 16.4 Å². The fourth-order valence-corrected chi connectivity index (χ4v) is 5.85. The van der Waals surface area contributed by atoms with Gasteiger partial charge in [-0.25, -0.2) is 4.98 Å². The van der Waals surface area contributed by atoms with Gasteiger partial charge in [0, 0.05) is 31.6 Å². The van der Waals surface area contributed by atoms with Crippen LogP contribution in [0.4, 0.5) is 10.8 Å². The Bertz CT molecular complexity index is 1820. The van der Waals surface area contributed by atoms with Crippen molar-refractivity contribution in [2.24, 2.45) is 0 Å². The zero-order chi connectivity index (χ0) is 30.9. The fraction of sp³-hybridized carbons (Fsp3) is 0.0588. The van der Waals surface area contributed by atoms with E-state index in [9.17, 15) is 14.4 Å². The summed E-state index contributed by atoms with van der Waals surface area (Å²) in [6.45, 7) is 1.94. The van der Waals surface area contributed by atoms with Crippen LogP contribution in [0.15, 0.2) is 124 Å². The third-order valence-corrected chi connectivity index (χ3v) is 8.65. The zero-order valence-corrected chi connectivity index (χ0v) is 26.8. The first kappa shape index (κ1) is 30.9. The summed E-state index contributed by atoms with van der Waals surface area (Å²) in [5, 5.41) is 10.9. The van der Waals surface area contributed by atoms with Gasteiger partial charge < -0.3 is 16.0 Å². The van der Waals surface area contributed by atoms with Crippen molar-refractivity contribution in [1.82, 2.24) is 10.3 Å². The van der Waals surface area contributed by atoms with Gasteiger partial charge in [0.15, 0.2) is 5.13 Å². The summed E-state index contributed by atoms with van der Waals surface area (Å²) in [6, 6.07) is 31.4. The first-order chi connectivity index (χ1) is 21.3. The first-order valence-electron chi connectivity index (χ1n) is 13.5. The van der Waals surface area contributed by atoms with Crippen LogP contribution in [0.3, 0.4) is 0 Å². The number of hydrogen-bond donors (Lipinski definition) is 3. The van der Waals surface area contributed by atoms with Crippen molar-refractivity contribution in [1.29, 1.82) is 0 Å². The maximum Gasteiger partial charge on any atom is 0.272 e. The topological polar surface area (TPSA) is 100 Å². The molecule has 3 amide bonds. The number of thiazole rings is 1. The van der Waals surface area contributed by atoms with Crippen LogP contribution < -0.4 is 16.0 Å². The van der Waals surface area contributed by atoms with Crippen LogP contribution in [0, 0.1) is 6.92 Å². The van der Waals surface area contributed by atoms with Gasteiger partial charge in [-0.05, 0) is 66.6 Å². The Morgan fingerprint density at radius 3 is 2.41 bits per heavy atom. The van der Waals surface area contributed by atoms with E-state index in [4.69, 9.17) is 0 Å². The van der Waals surface area contributed by atoms with E-state index in [1.54, 1.807) is 48.5 Å². The number of carbonyl (C=O) groups is 3. The molecule has 0 aliphatic rings. The number of thioether (sulfide) groups is 1. The van der Waals surface area contributed by atoms with Crippen LogP contribution in [-0.4, -0.2) is 28.5 Å². The normalized spacial score (nSPS) is 11.1. The monoisotopic (exact) mass is 682 g/mol. The molecule has 0 saturated heterocycles. The quantitative estimate of drug-likeness (QED) is 0.102. The van der Waals surface area contributed by atoms with E-state index >= 15 is 0 Å². The van der Waals surface area contributed by atoms with Crippen LogP contribution in [0.1, 0.15) is 21.5 Å². The van der Waals surface area contributed by atoms with E-state index in [1.807, 2.05) is 73.0 Å². The Hall–Kier alpha value is -4.51. The van der Waals surface area contributed by atoms with Gasteiger partial charge >= 0.3 is 0 Å². The molecule has 0 unspecified atom stereocenters. The lowest BCUT2D eigenvalue weighted by Crippen LogP contribution is -2.30. The number of aryl methyl sites for hydroxylation is 1. The van der Waals surface area contributed by atoms with Gasteiger partial charge in [-0.3, -0.25) is 14.4 Å². The third-order valence-electron chi connectivity index (χ3n) is 6.37. The van der Waals surface area contributed by atoms with Gasteiger partial charge in [0.25, 0.3) is 11.8 Å². The number of halogens is 1. The second-order valence-corrected chi connectivity index (χ2v) is 12.4. The van der Waals surface area contributed by atoms with Gasteiger partial charge in [-0.15, -0.1) is 23.1 Å². The average Bonchev–Trinajstić information content (AvgIpc) is 3.50. The van der Waals surface area contributed by atoms with E-state index in [2.05, 4.69) is 36.9 Å². The van der Waals surface area contributed by atoms with E-state index in [0.717, 1.165) is 31.8 Å². The molecule has 1 aromatic heterocycles. The second kappa shape index (κ2) is 14.8. The largest absolute Gasteiger partial charge is 0.321 e. The van der Waals surface area contributed by atoms with Crippen LogP contribution in [0.2, 0.25) is 0 Å².